The molecule has 0 saturated heterocycles. The Morgan fingerprint density at radius 1 is 1.17 bits per heavy atom. The van der Waals surface area contributed by atoms with E-state index in [0.29, 0.717) is 5.75 Å². The number of methoxy groups -OCH3 is 1. The lowest BCUT2D eigenvalue weighted by Gasteiger charge is -2.17. The summed E-state index contributed by atoms with van der Waals surface area (Å²) in [5.74, 6) is -1.01. The first-order valence-corrected chi connectivity index (χ1v) is 7.12. The molecule has 23 heavy (non-hydrogen) atoms. The van der Waals surface area contributed by atoms with E-state index < -0.39 is 11.6 Å². The van der Waals surface area contributed by atoms with Crippen molar-refractivity contribution in [3.63, 3.8) is 0 Å². The van der Waals surface area contributed by atoms with Crippen LogP contribution in [-0.2, 0) is 4.79 Å². The van der Waals surface area contributed by atoms with Crippen LogP contribution >= 0.6 is 0 Å². The highest BCUT2D eigenvalue weighted by atomic mass is 19.1. The number of hydrogen-bond acceptors (Lipinski definition) is 3. The van der Waals surface area contributed by atoms with E-state index in [9.17, 15) is 13.6 Å². The molecule has 1 amide bonds. The van der Waals surface area contributed by atoms with Gasteiger partial charge in [-0.1, -0.05) is 18.2 Å². The van der Waals surface area contributed by atoms with Crippen molar-refractivity contribution in [3.8, 4) is 5.75 Å². The Bertz CT molecular complexity index is 672. The molecule has 1 atom stereocenters. The lowest BCUT2D eigenvalue weighted by molar-refractivity contribution is -0.120. The number of anilines is 1. The lowest BCUT2D eigenvalue weighted by Crippen LogP contribution is -2.32. The van der Waals surface area contributed by atoms with Crippen LogP contribution in [0.25, 0.3) is 0 Å². The minimum Gasteiger partial charge on any atom is -0.496 e. The minimum absolute atomic E-state index is 0.0949. The van der Waals surface area contributed by atoms with E-state index in [1.165, 1.54) is 0 Å². The van der Waals surface area contributed by atoms with Crippen LogP contribution in [0.2, 0.25) is 0 Å². The third-order valence-electron chi connectivity index (χ3n) is 3.30. The summed E-state index contributed by atoms with van der Waals surface area (Å²) in [5.41, 5.74) is 1.06. The molecule has 0 aliphatic rings. The van der Waals surface area contributed by atoms with Crippen molar-refractivity contribution < 1.29 is 18.3 Å². The van der Waals surface area contributed by atoms with Crippen LogP contribution in [0.1, 0.15) is 18.5 Å². The van der Waals surface area contributed by atoms with Gasteiger partial charge >= 0.3 is 0 Å². The molecule has 0 saturated carbocycles. The Morgan fingerprint density at radius 2 is 1.83 bits per heavy atom. The summed E-state index contributed by atoms with van der Waals surface area (Å²) in [5, 5.41) is 5.49. The molecule has 6 heteroatoms. The van der Waals surface area contributed by atoms with Gasteiger partial charge in [-0.3, -0.25) is 4.79 Å². The summed E-state index contributed by atoms with van der Waals surface area (Å²) in [6.45, 7) is 1.74. The van der Waals surface area contributed by atoms with Gasteiger partial charge in [0.05, 0.1) is 19.7 Å². The number of halogens is 2. The molecule has 0 aliphatic heterocycles. The Morgan fingerprint density at radius 3 is 2.48 bits per heavy atom. The average molecular weight is 320 g/mol. The summed E-state index contributed by atoms with van der Waals surface area (Å²) in [7, 11) is 1.56. The molecule has 122 valence electrons. The zero-order valence-electron chi connectivity index (χ0n) is 12.9. The molecule has 2 aromatic rings. The molecule has 4 nitrogen and oxygen atoms in total. The zero-order valence-corrected chi connectivity index (χ0v) is 12.9. The van der Waals surface area contributed by atoms with E-state index in [1.807, 2.05) is 31.2 Å². The summed E-state index contributed by atoms with van der Waals surface area (Å²) in [6.07, 6.45) is 0. The van der Waals surface area contributed by atoms with Crippen molar-refractivity contribution >= 4 is 11.6 Å². The first-order valence-electron chi connectivity index (χ1n) is 7.12. The van der Waals surface area contributed by atoms with Gasteiger partial charge in [-0.2, -0.15) is 0 Å². The normalized spacial score (nSPS) is 11.7. The first-order chi connectivity index (χ1) is 11.0. The topological polar surface area (TPSA) is 50.4 Å². The maximum absolute atomic E-state index is 13.1. The number of nitrogens with one attached hydrogen (secondary N) is 2. The summed E-state index contributed by atoms with van der Waals surface area (Å²) < 4.78 is 31.4. The summed E-state index contributed by atoms with van der Waals surface area (Å²) >= 11 is 0. The van der Waals surface area contributed by atoms with Gasteiger partial charge in [0.1, 0.15) is 17.4 Å². The SMILES string of the molecule is COc1ccccc1C(C)NC(=O)CNc1cc(F)cc(F)c1. The highest BCUT2D eigenvalue weighted by Gasteiger charge is 2.13. The second-order valence-corrected chi connectivity index (χ2v) is 5.04. The summed E-state index contributed by atoms with van der Waals surface area (Å²) in [6, 6.07) is 10.1. The second kappa shape index (κ2) is 7.58. The predicted molar refractivity (Wildman–Crippen MR) is 84.4 cm³/mol. The van der Waals surface area contributed by atoms with Crippen molar-refractivity contribution in [2.45, 2.75) is 13.0 Å². The Hall–Kier alpha value is -2.63. The molecule has 2 aromatic carbocycles. The molecule has 0 heterocycles. The number of para-hydroxylation sites is 1. The maximum atomic E-state index is 13.1. The van der Waals surface area contributed by atoms with Crippen LogP contribution in [0.4, 0.5) is 14.5 Å². The number of ether oxygens (including phenoxy) is 1. The second-order valence-electron chi connectivity index (χ2n) is 5.04. The number of rotatable bonds is 6. The van der Waals surface area contributed by atoms with Gasteiger partial charge in [0, 0.05) is 17.3 Å². The van der Waals surface area contributed by atoms with Gasteiger partial charge in [0.25, 0.3) is 0 Å². The molecule has 2 rings (SSSR count). The fourth-order valence-corrected chi connectivity index (χ4v) is 2.23. The minimum atomic E-state index is -0.699. The molecule has 0 aromatic heterocycles. The third-order valence-corrected chi connectivity index (χ3v) is 3.30. The number of carbonyl (C=O) groups is 1. The quantitative estimate of drug-likeness (QED) is 0.859. The fourth-order valence-electron chi connectivity index (χ4n) is 2.23. The lowest BCUT2D eigenvalue weighted by atomic mass is 10.1. The van der Waals surface area contributed by atoms with Gasteiger partial charge in [-0.15, -0.1) is 0 Å². The molecule has 1 unspecified atom stereocenters. The van der Waals surface area contributed by atoms with Crippen molar-refractivity contribution in [1.29, 1.82) is 0 Å². The first kappa shape index (κ1) is 16.7. The molecule has 0 spiro atoms. The van der Waals surface area contributed by atoms with Crippen LogP contribution in [0, 0.1) is 11.6 Å². The Balaban J connectivity index is 1.94. The van der Waals surface area contributed by atoms with Gasteiger partial charge in [0.2, 0.25) is 5.91 Å². The van der Waals surface area contributed by atoms with Crippen molar-refractivity contribution in [3.05, 3.63) is 59.7 Å². The van der Waals surface area contributed by atoms with Crippen LogP contribution in [0.15, 0.2) is 42.5 Å². The standard InChI is InChI=1S/C17H18F2N2O2/c1-11(15-5-3-4-6-16(15)23-2)21-17(22)10-20-14-8-12(18)7-13(19)9-14/h3-9,11,20H,10H2,1-2H3,(H,21,22). The van der Waals surface area contributed by atoms with E-state index in [-0.39, 0.29) is 24.2 Å². The van der Waals surface area contributed by atoms with Crippen molar-refractivity contribution in [2.75, 3.05) is 19.0 Å². The number of carbonyl (C=O) groups excluding carboxylic acids is 1. The van der Waals surface area contributed by atoms with E-state index in [0.717, 1.165) is 23.8 Å². The highest BCUT2D eigenvalue weighted by Crippen LogP contribution is 2.24. The monoisotopic (exact) mass is 320 g/mol. The van der Waals surface area contributed by atoms with Gasteiger partial charge in [-0.05, 0) is 25.1 Å². The van der Waals surface area contributed by atoms with E-state index in [2.05, 4.69) is 10.6 Å². The Kier molecular flexibility index (Phi) is 5.51. The molecular formula is C17H18F2N2O2. The number of benzene rings is 2. The van der Waals surface area contributed by atoms with Gasteiger partial charge in [-0.25, -0.2) is 8.78 Å². The highest BCUT2D eigenvalue weighted by molar-refractivity contribution is 5.81. The van der Waals surface area contributed by atoms with Crippen LogP contribution in [-0.4, -0.2) is 19.6 Å². The predicted octanol–water partition coefficient (Wildman–Crippen LogP) is 3.26. The number of hydrogen-bond donors (Lipinski definition) is 2. The molecular weight excluding hydrogens is 302 g/mol. The fraction of sp³-hybridized carbons (Fsp3) is 0.235. The van der Waals surface area contributed by atoms with Crippen molar-refractivity contribution in [1.82, 2.24) is 5.32 Å². The maximum Gasteiger partial charge on any atom is 0.239 e. The van der Waals surface area contributed by atoms with Crippen LogP contribution < -0.4 is 15.4 Å². The molecule has 0 radical (unpaired) electrons. The van der Waals surface area contributed by atoms with Crippen LogP contribution in [0.5, 0.6) is 5.75 Å². The largest absolute Gasteiger partial charge is 0.496 e. The molecule has 0 bridgehead atoms. The molecule has 0 fully saturated rings. The smallest absolute Gasteiger partial charge is 0.239 e. The third kappa shape index (κ3) is 4.67. The molecule has 0 aliphatic carbocycles. The van der Waals surface area contributed by atoms with E-state index in [1.54, 1.807) is 7.11 Å². The van der Waals surface area contributed by atoms with Crippen LogP contribution in [0.3, 0.4) is 0 Å². The van der Waals surface area contributed by atoms with E-state index in [4.69, 9.17) is 4.74 Å². The Labute approximate surface area is 133 Å². The van der Waals surface area contributed by atoms with E-state index >= 15 is 0 Å². The molecule has 2 N–H and O–H groups in total. The average Bonchev–Trinajstić information content (AvgIpc) is 2.52. The van der Waals surface area contributed by atoms with Gasteiger partial charge in [0.15, 0.2) is 0 Å². The zero-order chi connectivity index (χ0) is 16.8. The van der Waals surface area contributed by atoms with Crippen molar-refractivity contribution in [2.24, 2.45) is 0 Å². The number of amides is 1. The summed E-state index contributed by atoms with van der Waals surface area (Å²) in [4.78, 5) is 12.0. The van der Waals surface area contributed by atoms with Gasteiger partial charge < -0.3 is 15.4 Å².